The Bertz CT molecular complexity index is 401. The topological polar surface area (TPSA) is 92.1 Å². The number of nitrogens with two attached hydrogens (primary N) is 1. The van der Waals surface area contributed by atoms with E-state index in [0.29, 0.717) is 12.3 Å². The highest BCUT2D eigenvalue weighted by Gasteiger charge is 2.24. The number of hydrogen-bond acceptors (Lipinski definition) is 4. The molecule has 0 fully saturated rings. The third kappa shape index (κ3) is 2.82. The molecule has 5 heteroatoms. The Balaban J connectivity index is 2.58. The molecular formula is C10H13N3O2. The van der Waals surface area contributed by atoms with Crippen LogP contribution in [-0.2, 0) is 11.3 Å². The van der Waals surface area contributed by atoms with Crippen LogP contribution in [0.4, 0.5) is 0 Å². The Labute approximate surface area is 87.9 Å². The summed E-state index contributed by atoms with van der Waals surface area (Å²) >= 11 is 0. The van der Waals surface area contributed by atoms with E-state index in [4.69, 9.17) is 15.4 Å². The predicted octanol–water partition coefficient (Wildman–Crippen LogP) is 0.505. The minimum Gasteiger partial charge on any atom is -0.449 e. The molecule has 0 atom stereocenters. The van der Waals surface area contributed by atoms with Gasteiger partial charge in [-0.1, -0.05) is 0 Å². The summed E-state index contributed by atoms with van der Waals surface area (Å²) in [5, 5.41) is 11.5. The third-order valence-corrected chi connectivity index (χ3v) is 2.09. The lowest BCUT2D eigenvalue weighted by atomic mass is 10.1. The predicted molar refractivity (Wildman–Crippen MR) is 53.5 cm³/mol. The molecule has 0 radical (unpaired) electrons. The van der Waals surface area contributed by atoms with Crippen molar-refractivity contribution in [2.24, 2.45) is 5.73 Å². The summed E-state index contributed by atoms with van der Waals surface area (Å²) in [7, 11) is 0. The van der Waals surface area contributed by atoms with E-state index < -0.39 is 11.4 Å². The van der Waals surface area contributed by atoms with Crippen LogP contribution in [0, 0.1) is 11.3 Å². The van der Waals surface area contributed by atoms with Crippen LogP contribution in [0.25, 0.3) is 0 Å². The van der Waals surface area contributed by atoms with Crippen LogP contribution >= 0.6 is 0 Å². The third-order valence-electron chi connectivity index (χ3n) is 2.09. The van der Waals surface area contributed by atoms with E-state index in [2.05, 4.69) is 5.32 Å². The second-order valence-corrected chi connectivity index (χ2v) is 3.72. The molecule has 1 aromatic rings. The van der Waals surface area contributed by atoms with Crippen LogP contribution in [-0.4, -0.2) is 11.4 Å². The first-order valence-corrected chi connectivity index (χ1v) is 4.49. The van der Waals surface area contributed by atoms with Crippen molar-refractivity contribution in [2.75, 3.05) is 0 Å². The summed E-state index contributed by atoms with van der Waals surface area (Å²) in [6.45, 7) is 3.73. The number of nitriles is 1. The van der Waals surface area contributed by atoms with Gasteiger partial charge in [0.1, 0.15) is 11.8 Å². The van der Waals surface area contributed by atoms with Crippen molar-refractivity contribution >= 4 is 5.91 Å². The number of rotatable bonds is 4. The van der Waals surface area contributed by atoms with Crippen molar-refractivity contribution in [2.45, 2.75) is 25.9 Å². The van der Waals surface area contributed by atoms with E-state index in [9.17, 15) is 4.79 Å². The van der Waals surface area contributed by atoms with Gasteiger partial charge >= 0.3 is 0 Å². The number of nitrogens with zero attached hydrogens (tertiary/aromatic N) is 1. The summed E-state index contributed by atoms with van der Waals surface area (Å²) < 4.78 is 5.13. The number of primary amides is 1. The molecule has 1 heterocycles. The molecular weight excluding hydrogens is 194 g/mol. The molecule has 3 N–H and O–H groups in total. The average molecular weight is 207 g/mol. The van der Waals surface area contributed by atoms with Crippen LogP contribution in [0.1, 0.15) is 25.4 Å². The van der Waals surface area contributed by atoms with Crippen LogP contribution in [0.2, 0.25) is 0 Å². The van der Waals surface area contributed by atoms with Gasteiger partial charge < -0.3 is 10.2 Å². The SMILES string of the molecule is CC(C)(NCc1ccc(C#N)o1)C(N)=O. The summed E-state index contributed by atoms with van der Waals surface area (Å²) in [5.74, 6) is 0.416. The van der Waals surface area contributed by atoms with Crippen LogP contribution in [0.15, 0.2) is 16.5 Å². The van der Waals surface area contributed by atoms with E-state index in [-0.39, 0.29) is 5.76 Å². The number of carbonyl (C=O) groups excluding carboxylic acids is 1. The van der Waals surface area contributed by atoms with Gasteiger partial charge in [-0.25, -0.2) is 0 Å². The van der Waals surface area contributed by atoms with Crippen molar-refractivity contribution in [1.82, 2.24) is 5.32 Å². The molecule has 0 aliphatic heterocycles. The highest BCUT2D eigenvalue weighted by molar-refractivity contribution is 5.83. The van der Waals surface area contributed by atoms with Gasteiger partial charge in [0.2, 0.25) is 11.7 Å². The first kappa shape index (κ1) is 11.3. The van der Waals surface area contributed by atoms with Gasteiger partial charge in [-0.3, -0.25) is 10.1 Å². The smallest absolute Gasteiger partial charge is 0.237 e. The number of furan rings is 1. The van der Waals surface area contributed by atoms with E-state index in [0.717, 1.165) is 0 Å². The second-order valence-electron chi connectivity index (χ2n) is 3.72. The van der Waals surface area contributed by atoms with Crippen molar-refractivity contribution < 1.29 is 9.21 Å². The molecule has 1 aromatic heterocycles. The van der Waals surface area contributed by atoms with E-state index in [1.54, 1.807) is 26.0 Å². The summed E-state index contributed by atoms with van der Waals surface area (Å²) in [6, 6.07) is 5.14. The molecule has 0 aromatic carbocycles. The highest BCUT2D eigenvalue weighted by atomic mass is 16.3. The summed E-state index contributed by atoms with van der Waals surface area (Å²) in [6.07, 6.45) is 0. The number of nitrogens with one attached hydrogen (secondary N) is 1. The van der Waals surface area contributed by atoms with Crippen molar-refractivity contribution in [3.8, 4) is 6.07 Å². The summed E-state index contributed by atoms with van der Waals surface area (Å²) in [5.41, 5.74) is 4.39. The summed E-state index contributed by atoms with van der Waals surface area (Å²) in [4.78, 5) is 11.0. The largest absolute Gasteiger partial charge is 0.449 e. The Morgan fingerprint density at radius 1 is 1.67 bits per heavy atom. The fourth-order valence-corrected chi connectivity index (χ4v) is 0.928. The van der Waals surface area contributed by atoms with Crippen molar-refractivity contribution in [1.29, 1.82) is 5.26 Å². The minimum absolute atomic E-state index is 0.253. The van der Waals surface area contributed by atoms with Crippen molar-refractivity contribution in [3.63, 3.8) is 0 Å². The molecule has 0 saturated carbocycles. The number of carbonyl (C=O) groups is 1. The normalized spacial score (nSPS) is 11.0. The average Bonchev–Trinajstić information content (AvgIpc) is 2.62. The van der Waals surface area contributed by atoms with Crippen LogP contribution < -0.4 is 11.1 Å². The van der Waals surface area contributed by atoms with Gasteiger partial charge in [-0.2, -0.15) is 5.26 Å². The molecule has 0 saturated heterocycles. The molecule has 80 valence electrons. The monoisotopic (exact) mass is 207 g/mol. The van der Waals surface area contributed by atoms with E-state index in [1.807, 2.05) is 6.07 Å². The van der Waals surface area contributed by atoms with Gasteiger partial charge in [0.15, 0.2) is 0 Å². The lowest BCUT2D eigenvalue weighted by molar-refractivity contribution is -0.123. The highest BCUT2D eigenvalue weighted by Crippen LogP contribution is 2.08. The van der Waals surface area contributed by atoms with Gasteiger partial charge in [0.25, 0.3) is 0 Å². The molecule has 0 bridgehead atoms. The molecule has 1 amide bonds. The molecule has 15 heavy (non-hydrogen) atoms. The first-order valence-electron chi connectivity index (χ1n) is 4.49. The number of amides is 1. The Morgan fingerprint density at radius 2 is 2.33 bits per heavy atom. The molecule has 1 rings (SSSR count). The van der Waals surface area contributed by atoms with Gasteiger partial charge in [-0.05, 0) is 26.0 Å². The van der Waals surface area contributed by atoms with Gasteiger partial charge in [0, 0.05) is 0 Å². The first-order chi connectivity index (χ1) is 6.95. The molecule has 0 spiro atoms. The zero-order valence-corrected chi connectivity index (χ0v) is 8.70. The zero-order valence-electron chi connectivity index (χ0n) is 8.70. The number of hydrogen-bond donors (Lipinski definition) is 2. The second kappa shape index (κ2) is 4.15. The fourth-order valence-electron chi connectivity index (χ4n) is 0.928. The fraction of sp³-hybridized carbons (Fsp3) is 0.400. The van der Waals surface area contributed by atoms with Gasteiger partial charge in [0.05, 0.1) is 12.1 Å². The molecule has 0 unspecified atom stereocenters. The van der Waals surface area contributed by atoms with Gasteiger partial charge in [-0.15, -0.1) is 0 Å². The van der Waals surface area contributed by atoms with E-state index >= 15 is 0 Å². The molecule has 0 aliphatic rings. The Hall–Kier alpha value is -1.80. The Morgan fingerprint density at radius 3 is 2.80 bits per heavy atom. The molecule has 0 aliphatic carbocycles. The maximum absolute atomic E-state index is 11.0. The maximum atomic E-state index is 11.0. The van der Waals surface area contributed by atoms with Crippen LogP contribution in [0.5, 0.6) is 0 Å². The minimum atomic E-state index is -0.792. The van der Waals surface area contributed by atoms with Crippen LogP contribution in [0.3, 0.4) is 0 Å². The Kier molecular flexibility index (Phi) is 3.12. The van der Waals surface area contributed by atoms with E-state index in [1.165, 1.54) is 0 Å². The zero-order chi connectivity index (χ0) is 11.5. The standard InChI is InChI=1S/C10H13N3O2/c1-10(2,9(12)14)13-6-8-4-3-7(5-11)15-8/h3-4,13H,6H2,1-2H3,(H2,12,14). The van der Waals surface area contributed by atoms with Crippen molar-refractivity contribution in [3.05, 3.63) is 23.7 Å². The molecule has 5 nitrogen and oxygen atoms in total. The maximum Gasteiger partial charge on any atom is 0.237 e. The lowest BCUT2D eigenvalue weighted by Gasteiger charge is -2.21. The lowest BCUT2D eigenvalue weighted by Crippen LogP contribution is -2.50. The quantitative estimate of drug-likeness (QED) is 0.752.